The van der Waals surface area contributed by atoms with Crippen molar-refractivity contribution in [2.45, 2.75) is 44.1 Å². The lowest BCUT2D eigenvalue weighted by Gasteiger charge is -2.40. The molecule has 3 N–H and O–H groups in total. The van der Waals surface area contributed by atoms with Gasteiger partial charge in [0.1, 0.15) is 0 Å². The maximum atomic E-state index is 5.72. The molecule has 0 aromatic rings. The minimum atomic E-state index is 0.432. The summed E-state index contributed by atoms with van der Waals surface area (Å²) in [7, 11) is 0. The van der Waals surface area contributed by atoms with E-state index in [1.54, 1.807) is 0 Å². The molecule has 0 bridgehead atoms. The van der Waals surface area contributed by atoms with Crippen molar-refractivity contribution in [1.29, 1.82) is 0 Å². The van der Waals surface area contributed by atoms with Gasteiger partial charge >= 0.3 is 0 Å². The summed E-state index contributed by atoms with van der Waals surface area (Å²) in [5.74, 6) is 0. The number of hydrogen-bond donors (Lipinski definition) is 2. The fourth-order valence-electron chi connectivity index (χ4n) is 2.37. The Hall–Kier alpha value is -0.500. The zero-order chi connectivity index (χ0) is 8.44. The van der Waals surface area contributed by atoms with Crippen molar-refractivity contribution in [3.8, 4) is 0 Å². The van der Waals surface area contributed by atoms with Crippen molar-refractivity contribution >= 4 is 0 Å². The summed E-state index contributed by atoms with van der Waals surface area (Å²) in [6.07, 6.45) is 10.2. The average Bonchev–Trinajstić information content (AvgIpc) is 2.13. The van der Waals surface area contributed by atoms with Crippen LogP contribution in [0.15, 0.2) is 11.8 Å². The van der Waals surface area contributed by atoms with Gasteiger partial charge in [-0.15, -0.1) is 0 Å². The monoisotopic (exact) mass is 166 g/mol. The first-order valence-electron chi connectivity index (χ1n) is 5.00. The largest absolute Gasteiger partial charge is 0.401 e. The molecule has 1 aliphatic heterocycles. The van der Waals surface area contributed by atoms with Crippen molar-refractivity contribution in [3.05, 3.63) is 11.8 Å². The van der Waals surface area contributed by atoms with Crippen LogP contribution in [0, 0.1) is 0 Å². The summed E-state index contributed by atoms with van der Waals surface area (Å²) < 4.78 is 0. The highest BCUT2D eigenvalue weighted by Crippen LogP contribution is 2.32. The van der Waals surface area contributed by atoms with Crippen LogP contribution in [-0.2, 0) is 0 Å². The highest BCUT2D eigenvalue weighted by Gasteiger charge is 2.32. The molecule has 1 aliphatic carbocycles. The van der Waals surface area contributed by atoms with Gasteiger partial charge in [0.05, 0.1) is 0 Å². The zero-order valence-electron chi connectivity index (χ0n) is 7.60. The Bertz CT molecular complexity index is 190. The van der Waals surface area contributed by atoms with Gasteiger partial charge in [-0.25, -0.2) is 0 Å². The molecular weight excluding hydrogens is 148 g/mol. The molecule has 1 saturated carbocycles. The summed E-state index contributed by atoms with van der Waals surface area (Å²) in [6.45, 7) is 0.903. The van der Waals surface area contributed by atoms with E-state index < -0.39 is 0 Å². The maximum absolute atomic E-state index is 5.72. The lowest BCUT2D eigenvalue weighted by atomic mass is 9.78. The molecule has 0 saturated heterocycles. The maximum Gasteiger partial charge on any atom is 0.0353 e. The number of hydrogen-bond acceptors (Lipinski definition) is 2. The molecule has 2 aliphatic rings. The number of nitrogens with one attached hydrogen (secondary N) is 1. The van der Waals surface area contributed by atoms with E-state index in [2.05, 4.69) is 11.4 Å². The highest BCUT2D eigenvalue weighted by atomic mass is 15.0. The van der Waals surface area contributed by atoms with E-state index in [1.165, 1.54) is 32.1 Å². The quantitative estimate of drug-likeness (QED) is 0.572. The van der Waals surface area contributed by atoms with Gasteiger partial charge in [0.15, 0.2) is 0 Å². The molecule has 1 fully saturated rings. The van der Waals surface area contributed by atoms with E-state index in [9.17, 15) is 0 Å². The molecule has 0 aromatic heterocycles. The second-order valence-electron chi connectivity index (χ2n) is 4.18. The summed E-state index contributed by atoms with van der Waals surface area (Å²) in [5, 5.41) is 3.59. The van der Waals surface area contributed by atoms with Crippen molar-refractivity contribution in [1.82, 2.24) is 5.32 Å². The van der Waals surface area contributed by atoms with Crippen LogP contribution in [0.4, 0.5) is 0 Å². The summed E-state index contributed by atoms with van der Waals surface area (Å²) in [6, 6.07) is 0. The van der Waals surface area contributed by atoms with Gasteiger partial charge < -0.3 is 11.1 Å². The van der Waals surface area contributed by atoms with Crippen molar-refractivity contribution < 1.29 is 0 Å². The van der Waals surface area contributed by atoms with Crippen molar-refractivity contribution in [2.75, 3.05) is 6.54 Å². The van der Waals surface area contributed by atoms with E-state index in [1.807, 2.05) is 0 Å². The lowest BCUT2D eigenvalue weighted by molar-refractivity contribution is 0.231. The molecule has 1 spiro atoms. The highest BCUT2D eigenvalue weighted by molar-refractivity contribution is 5.11. The van der Waals surface area contributed by atoms with Crippen LogP contribution in [0.25, 0.3) is 0 Å². The Morgan fingerprint density at radius 1 is 1.25 bits per heavy atom. The van der Waals surface area contributed by atoms with Crippen LogP contribution in [-0.4, -0.2) is 12.1 Å². The predicted octanol–water partition coefficient (Wildman–Crippen LogP) is 1.53. The molecule has 0 aromatic carbocycles. The third-order valence-corrected chi connectivity index (χ3v) is 3.23. The zero-order valence-corrected chi connectivity index (χ0v) is 7.60. The Labute approximate surface area is 74.2 Å². The second kappa shape index (κ2) is 3.09. The molecule has 0 unspecified atom stereocenters. The molecule has 0 atom stereocenters. The third kappa shape index (κ3) is 1.48. The smallest absolute Gasteiger partial charge is 0.0353 e. The molecule has 1 heterocycles. The average molecular weight is 166 g/mol. The standard InChI is InChI=1S/C10H18N2/c11-9-4-7-10(12-8-9)5-2-1-3-6-10/h4,12H,1-3,5-8,11H2. The van der Waals surface area contributed by atoms with Crippen LogP contribution < -0.4 is 11.1 Å². The Morgan fingerprint density at radius 2 is 2.00 bits per heavy atom. The third-order valence-electron chi connectivity index (χ3n) is 3.23. The normalized spacial score (nSPS) is 28.5. The second-order valence-corrected chi connectivity index (χ2v) is 4.18. The van der Waals surface area contributed by atoms with Gasteiger partial charge in [-0.1, -0.05) is 25.3 Å². The summed E-state index contributed by atoms with van der Waals surface area (Å²) >= 11 is 0. The van der Waals surface area contributed by atoms with E-state index in [0.717, 1.165) is 18.7 Å². The Morgan fingerprint density at radius 3 is 2.58 bits per heavy atom. The Kier molecular flexibility index (Phi) is 2.09. The molecular formula is C10H18N2. The lowest BCUT2D eigenvalue weighted by Crippen LogP contribution is -2.50. The minimum Gasteiger partial charge on any atom is -0.401 e. The van der Waals surface area contributed by atoms with E-state index in [4.69, 9.17) is 5.73 Å². The van der Waals surface area contributed by atoms with E-state index in [0.29, 0.717) is 5.54 Å². The molecule has 2 heteroatoms. The molecule has 2 nitrogen and oxygen atoms in total. The van der Waals surface area contributed by atoms with Crippen LogP contribution >= 0.6 is 0 Å². The molecule has 12 heavy (non-hydrogen) atoms. The van der Waals surface area contributed by atoms with Crippen LogP contribution in [0.5, 0.6) is 0 Å². The molecule has 68 valence electrons. The topological polar surface area (TPSA) is 38.0 Å². The van der Waals surface area contributed by atoms with Gasteiger partial charge in [0.2, 0.25) is 0 Å². The first-order valence-corrected chi connectivity index (χ1v) is 5.00. The molecule has 2 rings (SSSR count). The first kappa shape index (κ1) is 8.11. The van der Waals surface area contributed by atoms with Gasteiger partial charge in [-0.2, -0.15) is 0 Å². The van der Waals surface area contributed by atoms with Gasteiger partial charge in [0.25, 0.3) is 0 Å². The summed E-state index contributed by atoms with van der Waals surface area (Å²) in [5.41, 5.74) is 7.17. The van der Waals surface area contributed by atoms with Crippen LogP contribution in [0.3, 0.4) is 0 Å². The van der Waals surface area contributed by atoms with Gasteiger partial charge in [0, 0.05) is 17.8 Å². The van der Waals surface area contributed by atoms with E-state index in [-0.39, 0.29) is 0 Å². The van der Waals surface area contributed by atoms with E-state index >= 15 is 0 Å². The van der Waals surface area contributed by atoms with Crippen molar-refractivity contribution in [3.63, 3.8) is 0 Å². The summed E-state index contributed by atoms with van der Waals surface area (Å²) in [4.78, 5) is 0. The number of nitrogens with two attached hydrogens (primary N) is 1. The first-order chi connectivity index (χ1) is 5.81. The molecule has 0 amide bonds. The fraction of sp³-hybridized carbons (Fsp3) is 0.800. The van der Waals surface area contributed by atoms with Gasteiger partial charge in [-0.3, -0.25) is 0 Å². The molecule has 0 radical (unpaired) electrons. The predicted molar refractivity (Wildman–Crippen MR) is 50.7 cm³/mol. The van der Waals surface area contributed by atoms with Gasteiger partial charge in [-0.05, 0) is 19.3 Å². The van der Waals surface area contributed by atoms with Crippen molar-refractivity contribution in [2.24, 2.45) is 5.73 Å². The number of rotatable bonds is 0. The van der Waals surface area contributed by atoms with Crippen LogP contribution in [0.2, 0.25) is 0 Å². The fourth-order valence-corrected chi connectivity index (χ4v) is 2.37. The SMILES string of the molecule is NC1=CCC2(CCCCC2)NC1. The van der Waals surface area contributed by atoms with Crippen LogP contribution in [0.1, 0.15) is 38.5 Å². The minimum absolute atomic E-state index is 0.432. The Balaban J connectivity index is 2.02.